The van der Waals surface area contributed by atoms with E-state index in [4.69, 9.17) is 17.3 Å². The van der Waals surface area contributed by atoms with Gasteiger partial charge in [0.05, 0.1) is 12.0 Å². The van der Waals surface area contributed by atoms with E-state index < -0.39 is 0 Å². The van der Waals surface area contributed by atoms with Crippen LogP contribution in [0.1, 0.15) is 44.2 Å². The van der Waals surface area contributed by atoms with E-state index in [9.17, 15) is 4.79 Å². The molecule has 0 heterocycles. The Kier molecular flexibility index (Phi) is 4.83. The van der Waals surface area contributed by atoms with Gasteiger partial charge in [-0.2, -0.15) is 0 Å². The van der Waals surface area contributed by atoms with E-state index in [-0.39, 0.29) is 23.9 Å². The average molecular weight is 281 g/mol. The molecule has 3 nitrogen and oxygen atoms in total. The fourth-order valence-electron chi connectivity index (χ4n) is 2.64. The highest BCUT2D eigenvalue weighted by molar-refractivity contribution is 6.30. The van der Waals surface area contributed by atoms with Crippen molar-refractivity contribution in [1.29, 1.82) is 0 Å². The Morgan fingerprint density at radius 2 is 1.95 bits per heavy atom. The number of carbonyl (C=O) groups excluding carboxylic acids is 1. The van der Waals surface area contributed by atoms with Crippen LogP contribution in [-0.4, -0.2) is 11.9 Å². The van der Waals surface area contributed by atoms with Crippen LogP contribution in [0.15, 0.2) is 24.3 Å². The van der Waals surface area contributed by atoms with Crippen LogP contribution in [0.4, 0.5) is 0 Å². The van der Waals surface area contributed by atoms with Crippen molar-refractivity contribution in [3.8, 4) is 0 Å². The molecule has 0 radical (unpaired) electrons. The first-order valence-electron chi connectivity index (χ1n) is 6.89. The highest BCUT2D eigenvalue weighted by Crippen LogP contribution is 2.24. The van der Waals surface area contributed by atoms with E-state index in [1.807, 2.05) is 31.2 Å². The van der Waals surface area contributed by atoms with Crippen LogP contribution in [0.2, 0.25) is 5.02 Å². The number of amides is 1. The smallest absolute Gasteiger partial charge is 0.225 e. The summed E-state index contributed by atoms with van der Waals surface area (Å²) < 4.78 is 0. The zero-order valence-electron chi connectivity index (χ0n) is 11.2. The Morgan fingerprint density at radius 3 is 2.58 bits per heavy atom. The van der Waals surface area contributed by atoms with Gasteiger partial charge >= 0.3 is 0 Å². The first-order valence-corrected chi connectivity index (χ1v) is 7.27. The molecule has 0 aromatic heterocycles. The van der Waals surface area contributed by atoms with Gasteiger partial charge in [-0.05, 0) is 37.5 Å². The number of rotatable bonds is 3. The Labute approximate surface area is 119 Å². The molecule has 19 heavy (non-hydrogen) atoms. The second kappa shape index (κ2) is 6.40. The summed E-state index contributed by atoms with van der Waals surface area (Å²) in [5.74, 6) is 0.0400. The molecule has 2 rings (SSSR count). The van der Waals surface area contributed by atoms with E-state index in [1.165, 1.54) is 0 Å². The quantitative estimate of drug-likeness (QED) is 0.894. The average Bonchev–Trinajstić information content (AvgIpc) is 2.39. The molecule has 1 aliphatic carbocycles. The number of nitrogens with two attached hydrogens (primary N) is 1. The molecule has 104 valence electrons. The van der Waals surface area contributed by atoms with E-state index in [0.29, 0.717) is 5.02 Å². The van der Waals surface area contributed by atoms with Gasteiger partial charge in [-0.25, -0.2) is 0 Å². The predicted molar refractivity (Wildman–Crippen MR) is 77.9 cm³/mol. The molecule has 3 unspecified atom stereocenters. The lowest BCUT2D eigenvalue weighted by atomic mass is 9.84. The van der Waals surface area contributed by atoms with Gasteiger partial charge in [-0.15, -0.1) is 0 Å². The molecule has 0 aliphatic heterocycles. The number of benzene rings is 1. The number of hydrogen-bond acceptors (Lipinski definition) is 2. The van der Waals surface area contributed by atoms with E-state index in [0.717, 1.165) is 31.2 Å². The van der Waals surface area contributed by atoms with Crippen molar-refractivity contribution in [2.75, 3.05) is 0 Å². The summed E-state index contributed by atoms with van der Waals surface area (Å²) in [5, 5.41) is 3.76. The molecule has 3 N–H and O–H groups in total. The van der Waals surface area contributed by atoms with Crippen LogP contribution in [0.3, 0.4) is 0 Å². The number of carbonyl (C=O) groups is 1. The molecular weight excluding hydrogens is 260 g/mol. The maximum Gasteiger partial charge on any atom is 0.225 e. The number of halogens is 1. The largest absolute Gasteiger partial charge is 0.349 e. The first kappa shape index (κ1) is 14.4. The highest BCUT2D eigenvalue weighted by Gasteiger charge is 2.28. The van der Waals surface area contributed by atoms with Crippen LogP contribution in [-0.2, 0) is 4.79 Å². The third kappa shape index (κ3) is 3.71. The lowest BCUT2D eigenvalue weighted by molar-refractivity contribution is -0.127. The second-order valence-corrected chi connectivity index (χ2v) is 5.77. The third-order valence-electron chi connectivity index (χ3n) is 3.88. The summed E-state index contributed by atoms with van der Waals surface area (Å²) in [6.45, 7) is 1.98. The van der Waals surface area contributed by atoms with Crippen molar-refractivity contribution in [3.63, 3.8) is 0 Å². The molecule has 1 saturated carbocycles. The molecule has 1 fully saturated rings. The summed E-state index contributed by atoms with van der Waals surface area (Å²) in [6, 6.07) is 7.55. The summed E-state index contributed by atoms with van der Waals surface area (Å²) in [5.41, 5.74) is 7.09. The van der Waals surface area contributed by atoms with E-state index in [2.05, 4.69) is 5.32 Å². The molecule has 4 heteroatoms. The van der Waals surface area contributed by atoms with Gasteiger partial charge in [0.25, 0.3) is 0 Å². The van der Waals surface area contributed by atoms with Crippen LogP contribution >= 0.6 is 11.6 Å². The second-order valence-electron chi connectivity index (χ2n) is 5.34. The molecule has 1 aromatic rings. The van der Waals surface area contributed by atoms with Crippen LogP contribution in [0, 0.1) is 5.92 Å². The topological polar surface area (TPSA) is 55.1 Å². The van der Waals surface area contributed by atoms with Gasteiger partial charge in [0, 0.05) is 11.1 Å². The molecule has 1 aromatic carbocycles. The van der Waals surface area contributed by atoms with Gasteiger partial charge in [0.2, 0.25) is 5.91 Å². The standard InChI is InChI=1S/C15H21ClN2O/c1-10(11-6-8-12(16)9-7-11)18-15(19)13-4-2-3-5-14(13)17/h6-10,13-14H,2-5,17H2,1H3,(H,18,19). The lowest BCUT2D eigenvalue weighted by Gasteiger charge is -2.28. The zero-order valence-corrected chi connectivity index (χ0v) is 12.0. The van der Waals surface area contributed by atoms with Crippen molar-refractivity contribution in [2.45, 2.75) is 44.7 Å². The molecule has 0 saturated heterocycles. The van der Waals surface area contributed by atoms with Crippen molar-refractivity contribution < 1.29 is 4.79 Å². The van der Waals surface area contributed by atoms with Gasteiger partial charge < -0.3 is 11.1 Å². The third-order valence-corrected chi connectivity index (χ3v) is 4.14. The predicted octanol–water partition coefficient (Wildman–Crippen LogP) is 3.03. The Balaban J connectivity index is 1.96. The molecule has 1 aliphatic rings. The summed E-state index contributed by atoms with van der Waals surface area (Å²) in [6.07, 6.45) is 4.09. The highest BCUT2D eigenvalue weighted by atomic mass is 35.5. The number of nitrogens with one attached hydrogen (secondary N) is 1. The fourth-order valence-corrected chi connectivity index (χ4v) is 2.77. The van der Waals surface area contributed by atoms with Gasteiger partial charge in [0.15, 0.2) is 0 Å². The summed E-state index contributed by atoms with van der Waals surface area (Å²) in [7, 11) is 0. The molecule has 3 atom stereocenters. The Bertz CT molecular complexity index is 432. The zero-order chi connectivity index (χ0) is 13.8. The van der Waals surface area contributed by atoms with Crippen LogP contribution in [0.25, 0.3) is 0 Å². The fraction of sp³-hybridized carbons (Fsp3) is 0.533. The maximum absolute atomic E-state index is 12.2. The number of hydrogen-bond donors (Lipinski definition) is 2. The van der Waals surface area contributed by atoms with Crippen molar-refractivity contribution >= 4 is 17.5 Å². The maximum atomic E-state index is 12.2. The SMILES string of the molecule is CC(NC(=O)C1CCCCC1N)c1ccc(Cl)cc1. The first-order chi connectivity index (χ1) is 9.08. The van der Waals surface area contributed by atoms with Gasteiger partial charge in [0.1, 0.15) is 0 Å². The van der Waals surface area contributed by atoms with E-state index in [1.54, 1.807) is 0 Å². The minimum Gasteiger partial charge on any atom is -0.349 e. The lowest BCUT2D eigenvalue weighted by Crippen LogP contribution is -2.44. The monoisotopic (exact) mass is 280 g/mol. The minimum atomic E-state index is -0.0384. The minimum absolute atomic E-state index is 0.00571. The Hall–Kier alpha value is -1.06. The molecule has 0 bridgehead atoms. The normalized spacial score (nSPS) is 24.8. The van der Waals surface area contributed by atoms with Crippen LogP contribution in [0.5, 0.6) is 0 Å². The van der Waals surface area contributed by atoms with Crippen molar-refractivity contribution in [3.05, 3.63) is 34.9 Å². The van der Waals surface area contributed by atoms with Gasteiger partial charge in [-0.1, -0.05) is 36.6 Å². The molecule has 0 spiro atoms. The van der Waals surface area contributed by atoms with E-state index >= 15 is 0 Å². The van der Waals surface area contributed by atoms with Gasteiger partial charge in [-0.3, -0.25) is 4.79 Å². The molecule has 1 amide bonds. The summed E-state index contributed by atoms with van der Waals surface area (Å²) >= 11 is 5.86. The summed E-state index contributed by atoms with van der Waals surface area (Å²) in [4.78, 5) is 12.2. The Morgan fingerprint density at radius 1 is 1.32 bits per heavy atom. The van der Waals surface area contributed by atoms with Crippen LogP contribution < -0.4 is 11.1 Å². The molecular formula is C15H21ClN2O. The van der Waals surface area contributed by atoms with Crippen molar-refractivity contribution in [2.24, 2.45) is 11.7 Å². The van der Waals surface area contributed by atoms with Crippen molar-refractivity contribution in [1.82, 2.24) is 5.32 Å².